The third kappa shape index (κ3) is 4.16. The number of fused-ring (bicyclic) bond motifs is 5. The van der Waals surface area contributed by atoms with Crippen molar-refractivity contribution in [2.45, 2.75) is 116 Å². The van der Waals surface area contributed by atoms with Crippen LogP contribution in [0.3, 0.4) is 0 Å². The predicted molar refractivity (Wildman–Crippen MR) is 146 cm³/mol. The Hall–Kier alpha value is -1.18. The molecule has 0 bridgehead atoms. The molecule has 2 N–H and O–H groups in total. The van der Waals surface area contributed by atoms with Crippen LogP contribution in [0.1, 0.15) is 91.4 Å². The predicted octanol–water partition coefficient (Wildman–Crippen LogP) is 3.27. The Morgan fingerprint density at radius 3 is 2.34 bits per heavy atom. The van der Waals surface area contributed by atoms with Crippen molar-refractivity contribution in [1.29, 1.82) is 0 Å². The molecule has 0 aromatic heterocycles. The number of hydrogen-bond acceptors (Lipinski definition) is 5. The van der Waals surface area contributed by atoms with E-state index in [0.29, 0.717) is 43.8 Å². The Morgan fingerprint density at radius 1 is 0.868 bits per heavy atom. The molecule has 2 heterocycles. The first kappa shape index (κ1) is 27.0. The molecule has 7 nitrogen and oxygen atoms in total. The van der Waals surface area contributed by atoms with E-state index in [4.69, 9.17) is 0 Å². The summed E-state index contributed by atoms with van der Waals surface area (Å²) in [5.41, 5.74) is 0.358. The standard InChI is InChI=1S/C31H51N3O4/c1-4-28(37)34-13-5-6-24(34)29(38)33-16-14-32(15-17-33)25-19-31(3)20(18-26(25)35)7-8-21-22-9-10-27(36)30(22,2)12-11-23(21)31/h20-27,35-36H,4-19H2,1-3H3/t20-,21-,22-,23-,24-,25-,26-,27-,30-,31-/m0/s1. The number of carbonyl (C=O) groups excluding carboxylic acids is 2. The number of rotatable bonds is 3. The lowest BCUT2D eigenvalue weighted by Gasteiger charge is -2.62. The summed E-state index contributed by atoms with van der Waals surface area (Å²) in [6.45, 7) is 10.5. The van der Waals surface area contributed by atoms with E-state index in [1.54, 1.807) is 4.90 Å². The molecule has 0 radical (unpaired) electrons. The fourth-order valence-electron chi connectivity index (χ4n) is 10.6. The molecular weight excluding hydrogens is 478 g/mol. The van der Waals surface area contributed by atoms with Crippen LogP contribution in [0.5, 0.6) is 0 Å². The average molecular weight is 530 g/mol. The first-order chi connectivity index (χ1) is 18.2. The number of carbonyl (C=O) groups is 2. The summed E-state index contributed by atoms with van der Waals surface area (Å²) in [7, 11) is 0. The quantitative estimate of drug-likeness (QED) is 0.586. The van der Waals surface area contributed by atoms with Gasteiger partial charge in [0.2, 0.25) is 11.8 Å². The summed E-state index contributed by atoms with van der Waals surface area (Å²) in [6.07, 6.45) is 10.7. The van der Waals surface area contributed by atoms with Crippen LogP contribution in [0, 0.1) is 34.5 Å². The first-order valence-electron chi connectivity index (χ1n) is 15.9. The minimum Gasteiger partial charge on any atom is -0.393 e. The highest BCUT2D eigenvalue weighted by Crippen LogP contribution is 2.66. The molecule has 4 saturated carbocycles. The minimum absolute atomic E-state index is 0.0912. The Bertz CT molecular complexity index is 921. The van der Waals surface area contributed by atoms with Crippen molar-refractivity contribution >= 4 is 11.8 Å². The lowest BCUT2D eigenvalue weighted by molar-refractivity contribution is -0.158. The van der Waals surface area contributed by atoms with E-state index in [-0.39, 0.29) is 46.9 Å². The SMILES string of the molecule is CCC(=O)N1CCC[C@H]1C(=O)N1CCN([C@H]2C[C@@]3(C)[C@@H](CC[C@@H]4[C@@H]3CC[C@]3(C)[C@@H](O)CC[C@@H]43)C[C@@H]2O)CC1. The van der Waals surface area contributed by atoms with Crippen LogP contribution >= 0.6 is 0 Å². The Labute approximate surface area is 229 Å². The number of likely N-dealkylation sites (tertiary alicyclic amines) is 1. The average Bonchev–Trinajstić information content (AvgIpc) is 3.53. The second kappa shape index (κ2) is 10.0. The van der Waals surface area contributed by atoms with Gasteiger partial charge < -0.3 is 20.0 Å². The highest BCUT2D eigenvalue weighted by atomic mass is 16.3. The van der Waals surface area contributed by atoms with E-state index in [1.165, 1.54) is 25.7 Å². The van der Waals surface area contributed by atoms with Crippen molar-refractivity contribution < 1.29 is 19.8 Å². The summed E-state index contributed by atoms with van der Waals surface area (Å²) >= 11 is 0. The normalized spacial score (nSPS) is 47.4. The lowest BCUT2D eigenvalue weighted by Crippen LogP contribution is -2.62. The van der Waals surface area contributed by atoms with Gasteiger partial charge in [0.25, 0.3) is 0 Å². The van der Waals surface area contributed by atoms with Gasteiger partial charge in [-0.3, -0.25) is 14.5 Å². The van der Waals surface area contributed by atoms with Crippen molar-refractivity contribution in [1.82, 2.24) is 14.7 Å². The van der Waals surface area contributed by atoms with Crippen molar-refractivity contribution in [3.05, 3.63) is 0 Å². The van der Waals surface area contributed by atoms with Crippen LogP contribution in [0.4, 0.5) is 0 Å². The van der Waals surface area contributed by atoms with E-state index >= 15 is 0 Å². The smallest absolute Gasteiger partial charge is 0.245 e. The topological polar surface area (TPSA) is 84.3 Å². The highest BCUT2D eigenvalue weighted by Gasteiger charge is 2.61. The zero-order chi connectivity index (χ0) is 26.8. The molecule has 0 aromatic carbocycles. The highest BCUT2D eigenvalue weighted by molar-refractivity contribution is 5.88. The van der Waals surface area contributed by atoms with E-state index < -0.39 is 0 Å². The van der Waals surface area contributed by atoms with Gasteiger partial charge in [-0.15, -0.1) is 0 Å². The summed E-state index contributed by atoms with van der Waals surface area (Å²) in [6, 6.07) is -0.112. The summed E-state index contributed by atoms with van der Waals surface area (Å²) in [5.74, 6) is 2.89. The largest absolute Gasteiger partial charge is 0.393 e. The van der Waals surface area contributed by atoms with Gasteiger partial charge in [-0.2, -0.15) is 0 Å². The van der Waals surface area contributed by atoms with Gasteiger partial charge in [0, 0.05) is 45.2 Å². The zero-order valence-electron chi connectivity index (χ0n) is 24.0. The molecular formula is C31H51N3O4. The third-order valence-corrected chi connectivity index (χ3v) is 12.9. The number of amides is 2. The van der Waals surface area contributed by atoms with Gasteiger partial charge in [-0.05, 0) is 98.7 Å². The molecule has 2 saturated heterocycles. The minimum atomic E-state index is -0.290. The summed E-state index contributed by atoms with van der Waals surface area (Å²) in [5, 5.41) is 22.2. The van der Waals surface area contributed by atoms with Crippen molar-refractivity contribution in [2.24, 2.45) is 34.5 Å². The van der Waals surface area contributed by atoms with Gasteiger partial charge in [0.05, 0.1) is 12.2 Å². The maximum atomic E-state index is 13.4. The molecule has 2 aliphatic heterocycles. The van der Waals surface area contributed by atoms with E-state index in [1.807, 2.05) is 11.8 Å². The van der Waals surface area contributed by atoms with Crippen LogP contribution in [0.2, 0.25) is 0 Å². The van der Waals surface area contributed by atoms with E-state index in [0.717, 1.165) is 57.5 Å². The summed E-state index contributed by atoms with van der Waals surface area (Å²) in [4.78, 5) is 32.0. The van der Waals surface area contributed by atoms with Crippen molar-refractivity contribution in [3.8, 4) is 0 Å². The van der Waals surface area contributed by atoms with Crippen LogP contribution in [0.15, 0.2) is 0 Å². The van der Waals surface area contributed by atoms with Crippen LogP contribution in [-0.4, -0.2) is 93.7 Å². The molecule has 6 rings (SSSR count). The Morgan fingerprint density at radius 2 is 1.61 bits per heavy atom. The van der Waals surface area contributed by atoms with Crippen LogP contribution in [0.25, 0.3) is 0 Å². The number of aliphatic hydroxyl groups is 2. The number of aliphatic hydroxyl groups excluding tert-OH is 2. The van der Waals surface area contributed by atoms with Crippen molar-refractivity contribution in [2.75, 3.05) is 32.7 Å². The van der Waals surface area contributed by atoms with Crippen molar-refractivity contribution in [3.63, 3.8) is 0 Å². The molecule has 10 atom stereocenters. The van der Waals surface area contributed by atoms with Gasteiger partial charge in [-0.1, -0.05) is 20.8 Å². The molecule has 0 spiro atoms. The summed E-state index contributed by atoms with van der Waals surface area (Å²) < 4.78 is 0. The van der Waals surface area contributed by atoms with E-state index in [2.05, 4.69) is 18.7 Å². The van der Waals surface area contributed by atoms with Gasteiger partial charge in [0.15, 0.2) is 0 Å². The second-order valence-electron chi connectivity index (χ2n) is 14.3. The lowest BCUT2D eigenvalue weighted by atomic mass is 9.44. The fourth-order valence-corrected chi connectivity index (χ4v) is 10.6. The number of nitrogens with zero attached hydrogens (tertiary/aromatic N) is 3. The number of hydrogen-bond donors (Lipinski definition) is 2. The fraction of sp³-hybridized carbons (Fsp3) is 0.935. The second-order valence-corrected chi connectivity index (χ2v) is 14.3. The third-order valence-electron chi connectivity index (χ3n) is 12.9. The maximum absolute atomic E-state index is 13.4. The zero-order valence-corrected chi connectivity index (χ0v) is 24.0. The molecule has 0 unspecified atom stereocenters. The maximum Gasteiger partial charge on any atom is 0.245 e. The van der Waals surface area contributed by atoms with Gasteiger partial charge in [-0.25, -0.2) is 0 Å². The van der Waals surface area contributed by atoms with Crippen LogP contribution < -0.4 is 0 Å². The van der Waals surface area contributed by atoms with Crippen LogP contribution in [-0.2, 0) is 9.59 Å². The van der Waals surface area contributed by atoms with E-state index in [9.17, 15) is 19.8 Å². The molecule has 214 valence electrons. The molecule has 6 fully saturated rings. The molecule has 38 heavy (non-hydrogen) atoms. The Balaban J connectivity index is 1.12. The molecule has 6 aliphatic rings. The van der Waals surface area contributed by atoms with Gasteiger partial charge in [0.1, 0.15) is 6.04 Å². The van der Waals surface area contributed by atoms with Gasteiger partial charge >= 0.3 is 0 Å². The molecule has 2 amide bonds. The number of piperazine rings is 1. The molecule has 7 heteroatoms. The monoisotopic (exact) mass is 529 g/mol. The molecule has 4 aliphatic carbocycles. The Kier molecular flexibility index (Phi) is 7.13. The molecule has 0 aromatic rings. The first-order valence-corrected chi connectivity index (χ1v) is 15.9.